The molecular formula is C26H38N6O3. The average Bonchev–Trinajstić information content (AvgIpc) is 3.20. The zero-order chi connectivity index (χ0) is 25.2. The third-order valence-electron chi connectivity index (χ3n) is 6.80. The van der Waals surface area contributed by atoms with Crippen LogP contribution in [0.2, 0.25) is 0 Å². The van der Waals surface area contributed by atoms with Crippen molar-refractivity contribution in [1.82, 2.24) is 30.7 Å². The molecule has 0 saturated carbocycles. The van der Waals surface area contributed by atoms with Crippen molar-refractivity contribution in [3.8, 4) is 0 Å². The minimum absolute atomic E-state index is 0.0359. The number of hydrogen-bond acceptors (Lipinski definition) is 4. The molecule has 4 N–H and O–H groups in total. The van der Waals surface area contributed by atoms with Crippen LogP contribution in [0.4, 0.5) is 4.79 Å². The Hall–Kier alpha value is -3.07. The van der Waals surface area contributed by atoms with Gasteiger partial charge in [-0.05, 0) is 52.7 Å². The van der Waals surface area contributed by atoms with Crippen molar-refractivity contribution in [2.75, 3.05) is 32.7 Å². The van der Waals surface area contributed by atoms with E-state index in [0.717, 1.165) is 23.7 Å². The van der Waals surface area contributed by atoms with Gasteiger partial charge < -0.3 is 30.7 Å². The molecule has 0 spiro atoms. The van der Waals surface area contributed by atoms with Crippen LogP contribution in [-0.2, 0) is 4.79 Å². The lowest BCUT2D eigenvalue weighted by molar-refractivity contribution is -0.122. The molecule has 0 atom stereocenters. The number of carbonyl (C=O) groups is 3. The van der Waals surface area contributed by atoms with Crippen molar-refractivity contribution in [3.05, 3.63) is 36.0 Å². The van der Waals surface area contributed by atoms with E-state index in [4.69, 9.17) is 0 Å². The predicted molar refractivity (Wildman–Crippen MR) is 136 cm³/mol. The van der Waals surface area contributed by atoms with Gasteiger partial charge in [-0.25, -0.2) is 4.79 Å². The fourth-order valence-electron chi connectivity index (χ4n) is 5.59. The Morgan fingerprint density at radius 1 is 0.971 bits per heavy atom. The van der Waals surface area contributed by atoms with Gasteiger partial charge in [0.1, 0.15) is 5.69 Å². The normalized spacial score (nSPS) is 20.0. The van der Waals surface area contributed by atoms with Gasteiger partial charge >= 0.3 is 6.03 Å². The summed E-state index contributed by atoms with van der Waals surface area (Å²) in [6.45, 7) is 10.8. The SMILES string of the molecule is CC1(C)CC(NC(=O)CCNC(=O)N2CCN(C(=O)c3cc4ccccc4[nH]3)CC2)CC(C)(C)N1. The molecule has 1 aromatic heterocycles. The van der Waals surface area contributed by atoms with Crippen molar-refractivity contribution in [2.45, 2.75) is 64.1 Å². The Labute approximate surface area is 207 Å². The quantitative estimate of drug-likeness (QED) is 0.525. The highest BCUT2D eigenvalue weighted by Gasteiger charge is 2.38. The Kier molecular flexibility index (Phi) is 7.07. The molecule has 1 aromatic carbocycles. The molecule has 4 rings (SSSR count). The zero-order valence-electron chi connectivity index (χ0n) is 21.2. The summed E-state index contributed by atoms with van der Waals surface area (Å²) in [4.78, 5) is 44.5. The number of para-hydroxylation sites is 1. The Morgan fingerprint density at radius 2 is 1.60 bits per heavy atom. The van der Waals surface area contributed by atoms with Crippen LogP contribution >= 0.6 is 0 Å². The molecule has 9 heteroatoms. The van der Waals surface area contributed by atoms with E-state index in [1.54, 1.807) is 9.80 Å². The lowest BCUT2D eigenvalue weighted by atomic mass is 9.79. The summed E-state index contributed by atoms with van der Waals surface area (Å²) in [5.74, 6) is -0.0975. The highest BCUT2D eigenvalue weighted by Crippen LogP contribution is 2.28. The summed E-state index contributed by atoms with van der Waals surface area (Å²) in [5.41, 5.74) is 1.43. The zero-order valence-corrected chi connectivity index (χ0v) is 21.2. The summed E-state index contributed by atoms with van der Waals surface area (Å²) in [7, 11) is 0. The highest BCUT2D eigenvalue weighted by molar-refractivity contribution is 5.98. The van der Waals surface area contributed by atoms with E-state index in [9.17, 15) is 14.4 Å². The van der Waals surface area contributed by atoms with Gasteiger partial charge in [0.05, 0.1) is 0 Å². The van der Waals surface area contributed by atoms with Crippen LogP contribution < -0.4 is 16.0 Å². The van der Waals surface area contributed by atoms with Crippen LogP contribution in [0.5, 0.6) is 0 Å². The molecule has 2 saturated heterocycles. The number of benzene rings is 1. The van der Waals surface area contributed by atoms with Crippen LogP contribution in [0.3, 0.4) is 0 Å². The van der Waals surface area contributed by atoms with E-state index in [0.29, 0.717) is 31.9 Å². The second kappa shape index (κ2) is 9.89. The van der Waals surface area contributed by atoms with Gasteiger partial charge in [0, 0.05) is 67.2 Å². The number of nitrogens with zero attached hydrogens (tertiary/aromatic N) is 2. The molecule has 35 heavy (non-hydrogen) atoms. The number of rotatable bonds is 5. The Balaban J connectivity index is 1.18. The molecular weight excluding hydrogens is 444 g/mol. The molecule has 2 aliphatic heterocycles. The summed E-state index contributed by atoms with van der Waals surface area (Å²) in [5, 5.41) is 10.6. The molecule has 0 aliphatic carbocycles. The summed E-state index contributed by atoms with van der Waals surface area (Å²) < 4.78 is 0. The number of hydrogen-bond donors (Lipinski definition) is 4. The summed E-state index contributed by atoms with van der Waals surface area (Å²) >= 11 is 0. The van der Waals surface area contributed by atoms with E-state index in [2.05, 4.69) is 48.6 Å². The van der Waals surface area contributed by atoms with Gasteiger partial charge in [0.2, 0.25) is 5.91 Å². The van der Waals surface area contributed by atoms with E-state index in [1.165, 1.54) is 0 Å². The van der Waals surface area contributed by atoms with Crippen molar-refractivity contribution in [2.24, 2.45) is 0 Å². The minimum Gasteiger partial charge on any atom is -0.353 e. The molecule has 2 fully saturated rings. The number of aromatic nitrogens is 1. The molecule has 0 bridgehead atoms. The van der Waals surface area contributed by atoms with Crippen molar-refractivity contribution in [3.63, 3.8) is 0 Å². The number of aromatic amines is 1. The van der Waals surface area contributed by atoms with Gasteiger partial charge in [-0.1, -0.05) is 18.2 Å². The van der Waals surface area contributed by atoms with Crippen molar-refractivity contribution < 1.29 is 14.4 Å². The first-order valence-electron chi connectivity index (χ1n) is 12.5. The second-order valence-electron chi connectivity index (χ2n) is 11.1. The maximum Gasteiger partial charge on any atom is 0.317 e. The smallest absolute Gasteiger partial charge is 0.317 e. The first-order valence-corrected chi connectivity index (χ1v) is 12.5. The van der Waals surface area contributed by atoms with Gasteiger partial charge in [-0.2, -0.15) is 0 Å². The van der Waals surface area contributed by atoms with Gasteiger partial charge in [0.25, 0.3) is 5.91 Å². The maximum absolute atomic E-state index is 12.9. The van der Waals surface area contributed by atoms with Crippen LogP contribution in [0.1, 0.15) is 57.4 Å². The lowest BCUT2D eigenvalue weighted by Crippen LogP contribution is -2.62. The fourth-order valence-corrected chi connectivity index (χ4v) is 5.59. The Morgan fingerprint density at radius 3 is 2.26 bits per heavy atom. The number of amides is 4. The Bertz CT molecular complexity index is 1030. The third kappa shape index (κ3) is 6.33. The second-order valence-corrected chi connectivity index (χ2v) is 11.1. The number of nitrogens with one attached hydrogen (secondary N) is 4. The minimum atomic E-state index is -0.195. The van der Waals surface area contributed by atoms with Crippen LogP contribution in [0.15, 0.2) is 30.3 Å². The largest absolute Gasteiger partial charge is 0.353 e. The lowest BCUT2D eigenvalue weighted by Gasteiger charge is -2.46. The first-order chi connectivity index (χ1) is 16.5. The standard InChI is InChI=1S/C26H38N6O3/c1-25(2)16-19(17-26(3,4)30-25)28-22(33)9-10-27-24(35)32-13-11-31(12-14-32)23(34)21-15-18-7-5-6-8-20(18)29-21/h5-8,15,19,29-30H,9-14,16-17H2,1-4H3,(H,27,35)(H,28,33). The first kappa shape index (κ1) is 25.0. The van der Waals surface area contributed by atoms with Crippen molar-refractivity contribution >= 4 is 28.7 Å². The van der Waals surface area contributed by atoms with Crippen LogP contribution in [0, 0.1) is 0 Å². The topological polar surface area (TPSA) is 110 Å². The molecule has 2 aromatic rings. The van der Waals surface area contributed by atoms with Crippen molar-refractivity contribution in [1.29, 1.82) is 0 Å². The molecule has 190 valence electrons. The van der Waals surface area contributed by atoms with E-state index in [1.807, 2.05) is 30.3 Å². The van der Waals surface area contributed by atoms with E-state index in [-0.39, 0.29) is 47.9 Å². The van der Waals surface area contributed by atoms with Crippen LogP contribution in [-0.4, -0.2) is 82.5 Å². The summed E-state index contributed by atoms with van der Waals surface area (Å²) in [6.07, 6.45) is 1.99. The average molecular weight is 483 g/mol. The summed E-state index contributed by atoms with van der Waals surface area (Å²) in [6, 6.07) is 9.59. The number of carbonyl (C=O) groups excluding carboxylic acids is 3. The number of piperidine rings is 1. The number of piperazine rings is 1. The van der Waals surface area contributed by atoms with Gasteiger partial charge in [0.15, 0.2) is 0 Å². The molecule has 9 nitrogen and oxygen atoms in total. The molecule has 4 amide bonds. The monoisotopic (exact) mass is 482 g/mol. The van der Waals surface area contributed by atoms with Gasteiger partial charge in [-0.15, -0.1) is 0 Å². The molecule has 0 unspecified atom stereocenters. The highest BCUT2D eigenvalue weighted by atomic mass is 16.2. The molecule has 3 heterocycles. The number of fused-ring (bicyclic) bond motifs is 1. The third-order valence-corrected chi connectivity index (χ3v) is 6.80. The maximum atomic E-state index is 12.9. The molecule has 0 radical (unpaired) electrons. The van der Waals surface area contributed by atoms with E-state index < -0.39 is 0 Å². The molecule has 2 aliphatic rings. The van der Waals surface area contributed by atoms with Gasteiger partial charge in [-0.3, -0.25) is 9.59 Å². The fraction of sp³-hybridized carbons (Fsp3) is 0.577. The predicted octanol–water partition coefficient (Wildman–Crippen LogP) is 2.45. The van der Waals surface area contributed by atoms with E-state index >= 15 is 0 Å². The number of H-pyrrole nitrogens is 1. The van der Waals surface area contributed by atoms with Crippen LogP contribution in [0.25, 0.3) is 10.9 Å². The number of urea groups is 1.